The van der Waals surface area contributed by atoms with E-state index in [9.17, 15) is 4.79 Å². The number of halogens is 1. The van der Waals surface area contributed by atoms with Gasteiger partial charge in [-0.3, -0.25) is 4.79 Å². The van der Waals surface area contributed by atoms with Crippen LogP contribution in [0.3, 0.4) is 0 Å². The van der Waals surface area contributed by atoms with Crippen molar-refractivity contribution in [3.63, 3.8) is 0 Å². The molecule has 0 bridgehead atoms. The molecule has 0 heterocycles. The van der Waals surface area contributed by atoms with Crippen LogP contribution in [0, 0.1) is 0 Å². The second-order valence-corrected chi connectivity index (χ2v) is 4.76. The molecule has 0 aliphatic rings. The molecule has 110 valence electrons. The van der Waals surface area contributed by atoms with Crippen molar-refractivity contribution in [2.45, 2.75) is 0 Å². The summed E-state index contributed by atoms with van der Waals surface area (Å²) in [5.41, 5.74) is 8.39. The Morgan fingerprint density at radius 3 is 2.67 bits per heavy atom. The molecule has 0 aliphatic heterocycles. The molecule has 21 heavy (non-hydrogen) atoms. The highest BCUT2D eigenvalue weighted by atomic mass is 35.5. The van der Waals surface area contributed by atoms with Crippen LogP contribution in [0.5, 0.6) is 5.75 Å². The number of methoxy groups -OCH3 is 1. The van der Waals surface area contributed by atoms with E-state index in [1.54, 1.807) is 50.6 Å². The first-order valence-corrected chi connectivity index (χ1v) is 6.65. The lowest BCUT2D eigenvalue weighted by molar-refractivity contribution is 0.0963. The Kier molecular flexibility index (Phi) is 4.55. The van der Waals surface area contributed by atoms with E-state index < -0.39 is 0 Å². The molecule has 0 saturated carbocycles. The molecular weight excluding hydrogens is 290 g/mol. The number of nitrogens with one attached hydrogen (secondary N) is 2. The molecule has 2 rings (SSSR count). The van der Waals surface area contributed by atoms with Crippen molar-refractivity contribution < 1.29 is 9.53 Å². The van der Waals surface area contributed by atoms with Crippen molar-refractivity contribution in [1.82, 2.24) is 5.32 Å². The molecule has 5 nitrogen and oxygen atoms in total. The number of anilines is 3. The SMILES string of the molecule is CNC(=O)c1ccc(N)c(Nc2ccc(Cl)c(OC)c2)c1. The molecule has 0 atom stereocenters. The minimum atomic E-state index is -0.174. The molecule has 0 spiro atoms. The number of amides is 1. The van der Waals surface area contributed by atoms with Crippen LogP contribution in [0.2, 0.25) is 5.02 Å². The first-order chi connectivity index (χ1) is 10.0. The molecule has 2 aromatic carbocycles. The van der Waals surface area contributed by atoms with Crippen molar-refractivity contribution in [3.8, 4) is 5.75 Å². The number of ether oxygens (including phenoxy) is 1. The van der Waals surface area contributed by atoms with Crippen LogP contribution in [0.15, 0.2) is 36.4 Å². The Bertz CT molecular complexity index is 674. The normalized spacial score (nSPS) is 10.0. The van der Waals surface area contributed by atoms with E-state index in [1.807, 2.05) is 0 Å². The fraction of sp³-hybridized carbons (Fsp3) is 0.133. The summed E-state index contributed by atoms with van der Waals surface area (Å²) in [7, 11) is 3.13. The Morgan fingerprint density at radius 1 is 1.24 bits per heavy atom. The molecule has 0 aromatic heterocycles. The second-order valence-electron chi connectivity index (χ2n) is 4.36. The summed E-state index contributed by atoms with van der Waals surface area (Å²) >= 11 is 5.99. The first-order valence-electron chi connectivity index (χ1n) is 6.27. The number of hydrogen-bond donors (Lipinski definition) is 3. The zero-order valence-electron chi connectivity index (χ0n) is 11.7. The largest absolute Gasteiger partial charge is 0.495 e. The van der Waals surface area contributed by atoms with Crippen LogP contribution in [0.25, 0.3) is 0 Å². The van der Waals surface area contributed by atoms with Gasteiger partial charge in [-0.25, -0.2) is 0 Å². The lowest BCUT2D eigenvalue weighted by Gasteiger charge is -2.12. The summed E-state index contributed by atoms with van der Waals surface area (Å²) in [6.07, 6.45) is 0. The average molecular weight is 306 g/mol. The highest BCUT2D eigenvalue weighted by Gasteiger charge is 2.08. The third-order valence-electron chi connectivity index (χ3n) is 2.97. The van der Waals surface area contributed by atoms with E-state index in [0.29, 0.717) is 27.7 Å². The third-order valence-corrected chi connectivity index (χ3v) is 3.28. The van der Waals surface area contributed by atoms with E-state index >= 15 is 0 Å². The van der Waals surface area contributed by atoms with Crippen LogP contribution in [0.1, 0.15) is 10.4 Å². The Labute approximate surface area is 128 Å². The topological polar surface area (TPSA) is 76.4 Å². The van der Waals surface area contributed by atoms with Crippen LogP contribution >= 0.6 is 11.6 Å². The van der Waals surface area contributed by atoms with Crippen molar-refractivity contribution in [3.05, 3.63) is 47.0 Å². The van der Waals surface area contributed by atoms with Gasteiger partial charge in [-0.1, -0.05) is 11.6 Å². The van der Waals surface area contributed by atoms with Gasteiger partial charge in [-0.2, -0.15) is 0 Å². The number of benzene rings is 2. The van der Waals surface area contributed by atoms with Crippen LogP contribution < -0.4 is 21.1 Å². The minimum absolute atomic E-state index is 0.174. The maximum Gasteiger partial charge on any atom is 0.251 e. The Hall–Kier alpha value is -2.40. The average Bonchev–Trinajstić information content (AvgIpc) is 2.50. The van der Waals surface area contributed by atoms with Gasteiger partial charge in [0.15, 0.2) is 0 Å². The maximum atomic E-state index is 11.7. The summed E-state index contributed by atoms with van der Waals surface area (Å²) in [4.78, 5) is 11.7. The highest BCUT2D eigenvalue weighted by molar-refractivity contribution is 6.32. The van der Waals surface area contributed by atoms with Gasteiger partial charge in [0.1, 0.15) is 5.75 Å². The molecule has 4 N–H and O–H groups in total. The smallest absolute Gasteiger partial charge is 0.251 e. The van der Waals surface area contributed by atoms with E-state index in [2.05, 4.69) is 10.6 Å². The highest BCUT2D eigenvalue weighted by Crippen LogP contribution is 2.30. The Balaban J connectivity index is 2.32. The fourth-order valence-electron chi connectivity index (χ4n) is 1.84. The fourth-order valence-corrected chi connectivity index (χ4v) is 2.04. The van der Waals surface area contributed by atoms with Gasteiger partial charge in [-0.15, -0.1) is 0 Å². The van der Waals surface area contributed by atoms with Gasteiger partial charge >= 0.3 is 0 Å². The standard InChI is InChI=1S/C15H16ClN3O2/c1-18-15(20)9-3-6-12(17)13(7-9)19-10-4-5-11(16)14(8-10)21-2/h3-8,19H,17H2,1-2H3,(H,18,20). The maximum absolute atomic E-state index is 11.7. The molecule has 0 fully saturated rings. The summed E-state index contributed by atoms with van der Waals surface area (Å²) in [5.74, 6) is 0.384. The molecule has 0 aliphatic carbocycles. The predicted molar refractivity (Wildman–Crippen MR) is 85.5 cm³/mol. The zero-order valence-corrected chi connectivity index (χ0v) is 12.5. The number of hydrogen-bond acceptors (Lipinski definition) is 4. The summed E-state index contributed by atoms with van der Waals surface area (Å²) in [5, 5.41) is 6.25. The molecule has 0 saturated heterocycles. The van der Waals surface area contributed by atoms with Crippen molar-refractivity contribution in [2.24, 2.45) is 0 Å². The van der Waals surface area contributed by atoms with Crippen molar-refractivity contribution in [2.75, 3.05) is 25.2 Å². The van der Waals surface area contributed by atoms with Crippen molar-refractivity contribution in [1.29, 1.82) is 0 Å². The summed E-state index contributed by atoms with van der Waals surface area (Å²) < 4.78 is 5.17. The number of carbonyl (C=O) groups excluding carboxylic acids is 1. The van der Waals surface area contributed by atoms with Gasteiger partial charge in [0.25, 0.3) is 5.91 Å². The Morgan fingerprint density at radius 2 is 2.00 bits per heavy atom. The molecule has 0 radical (unpaired) electrons. The monoisotopic (exact) mass is 305 g/mol. The molecule has 2 aromatic rings. The predicted octanol–water partition coefficient (Wildman–Crippen LogP) is 3.03. The van der Waals surface area contributed by atoms with Crippen molar-refractivity contribution >= 4 is 34.6 Å². The number of nitrogen functional groups attached to an aromatic ring is 1. The summed E-state index contributed by atoms with van der Waals surface area (Å²) in [6.45, 7) is 0. The van der Waals surface area contributed by atoms with Gasteiger partial charge in [-0.05, 0) is 30.3 Å². The molecular formula is C15H16ClN3O2. The molecule has 6 heteroatoms. The van der Waals surface area contributed by atoms with Crippen LogP contribution in [-0.2, 0) is 0 Å². The number of carbonyl (C=O) groups is 1. The third kappa shape index (κ3) is 3.38. The van der Waals surface area contributed by atoms with Crippen LogP contribution in [0.4, 0.5) is 17.1 Å². The molecule has 0 unspecified atom stereocenters. The van der Waals surface area contributed by atoms with Gasteiger partial charge < -0.3 is 21.1 Å². The van der Waals surface area contributed by atoms with E-state index in [0.717, 1.165) is 5.69 Å². The second kappa shape index (κ2) is 6.37. The zero-order chi connectivity index (χ0) is 15.4. The lowest BCUT2D eigenvalue weighted by Crippen LogP contribution is -2.17. The number of rotatable bonds is 4. The molecule has 1 amide bonds. The summed E-state index contributed by atoms with van der Waals surface area (Å²) in [6, 6.07) is 10.3. The number of nitrogens with two attached hydrogens (primary N) is 1. The van der Waals surface area contributed by atoms with E-state index in [1.165, 1.54) is 0 Å². The van der Waals surface area contributed by atoms with E-state index in [4.69, 9.17) is 22.1 Å². The lowest BCUT2D eigenvalue weighted by atomic mass is 10.1. The quantitative estimate of drug-likeness (QED) is 0.759. The minimum Gasteiger partial charge on any atom is -0.495 e. The van der Waals surface area contributed by atoms with Gasteiger partial charge in [0.05, 0.1) is 23.5 Å². The van der Waals surface area contributed by atoms with Gasteiger partial charge in [0, 0.05) is 24.4 Å². The van der Waals surface area contributed by atoms with E-state index in [-0.39, 0.29) is 5.91 Å². The van der Waals surface area contributed by atoms with Gasteiger partial charge in [0.2, 0.25) is 0 Å². The van der Waals surface area contributed by atoms with Crippen LogP contribution in [-0.4, -0.2) is 20.1 Å². The first kappa shape index (κ1) is 15.0.